The number of hydrogen-bond acceptors (Lipinski definition) is 2. The van der Waals surface area contributed by atoms with Crippen molar-refractivity contribution >= 4 is 5.91 Å². The molecule has 0 bridgehead atoms. The average Bonchev–Trinajstić information content (AvgIpc) is 2.54. The molecular formula is C12H19N3O. The van der Waals surface area contributed by atoms with Gasteiger partial charge in [0.1, 0.15) is 5.82 Å². The van der Waals surface area contributed by atoms with E-state index in [0.29, 0.717) is 13.0 Å². The van der Waals surface area contributed by atoms with Crippen LogP contribution in [0.5, 0.6) is 0 Å². The molecule has 0 saturated heterocycles. The van der Waals surface area contributed by atoms with Crippen LogP contribution in [0.1, 0.15) is 45.1 Å². The summed E-state index contributed by atoms with van der Waals surface area (Å²) in [5, 5.41) is 2.91. The minimum Gasteiger partial charge on any atom is -0.350 e. The summed E-state index contributed by atoms with van der Waals surface area (Å²) in [6.07, 6.45) is 3.38. The van der Waals surface area contributed by atoms with Gasteiger partial charge in [0.15, 0.2) is 0 Å². The summed E-state index contributed by atoms with van der Waals surface area (Å²) >= 11 is 0. The SMILES string of the molecule is CC(C)(C)c1ncc2n1CCCC(=O)NC2. The van der Waals surface area contributed by atoms with Crippen LogP contribution in [0.25, 0.3) is 0 Å². The van der Waals surface area contributed by atoms with E-state index < -0.39 is 0 Å². The lowest BCUT2D eigenvalue weighted by Gasteiger charge is -2.22. The van der Waals surface area contributed by atoms with Gasteiger partial charge in [-0.3, -0.25) is 4.79 Å². The van der Waals surface area contributed by atoms with Crippen LogP contribution in [0.15, 0.2) is 6.20 Å². The Morgan fingerprint density at radius 2 is 2.19 bits per heavy atom. The number of hydrogen-bond donors (Lipinski definition) is 1. The Hall–Kier alpha value is -1.32. The van der Waals surface area contributed by atoms with Gasteiger partial charge in [-0.15, -0.1) is 0 Å². The van der Waals surface area contributed by atoms with Crippen molar-refractivity contribution in [1.82, 2.24) is 14.9 Å². The minimum atomic E-state index is 0.0570. The number of imidazole rings is 1. The summed E-state index contributed by atoms with van der Waals surface area (Å²) in [4.78, 5) is 15.8. The van der Waals surface area contributed by atoms with Crippen LogP contribution in [0.3, 0.4) is 0 Å². The Morgan fingerprint density at radius 3 is 2.88 bits per heavy atom. The van der Waals surface area contributed by atoms with Crippen LogP contribution < -0.4 is 5.32 Å². The number of amides is 1. The van der Waals surface area contributed by atoms with Crippen molar-refractivity contribution in [2.24, 2.45) is 0 Å². The van der Waals surface area contributed by atoms with E-state index in [-0.39, 0.29) is 11.3 Å². The van der Waals surface area contributed by atoms with Crippen LogP contribution in [-0.2, 0) is 23.3 Å². The first-order chi connectivity index (χ1) is 7.48. The van der Waals surface area contributed by atoms with Crippen LogP contribution in [0, 0.1) is 0 Å². The summed E-state index contributed by atoms with van der Waals surface area (Å²) in [5.41, 5.74) is 1.17. The highest BCUT2D eigenvalue weighted by atomic mass is 16.1. The summed E-state index contributed by atoms with van der Waals surface area (Å²) in [6.45, 7) is 8.00. The number of carbonyl (C=O) groups excluding carboxylic acids is 1. The van der Waals surface area contributed by atoms with E-state index in [1.807, 2.05) is 6.20 Å². The fourth-order valence-electron chi connectivity index (χ4n) is 2.08. The molecule has 4 nitrogen and oxygen atoms in total. The highest BCUT2D eigenvalue weighted by Gasteiger charge is 2.23. The molecule has 0 spiro atoms. The largest absolute Gasteiger partial charge is 0.350 e. The minimum absolute atomic E-state index is 0.0570. The molecule has 1 aromatic rings. The molecule has 16 heavy (non-hydrogen) atoms. The predicted octanol–water partition coefficient (Wildman–Crippen LogP) is 1.59. The smallest absolute Gasteiger partial charge is 0.220 e. The second kappa shape index (κ2) is 3.92. The predicted molar refractivity (Wildman–Crippen MR) is 62.0 cm³/mol. The highest BCUT2D eigenvalue weighted by Crippen LogP contribution is 2.23. The summed E-state index contributed by atoms with van der Waals surface area (Å²) in [7, 11) is 0. The molecule has 1 aliphatic heterocycles. The summed E-state index contributed by atoms with van der Waals surface area (Å²) < 4.78 is 2.25. The average molecular weight is 221 g/mol. The molecule has 1 amide bonds. The fourth-order valence-corrected chi connectivity index (χ4v) is 2.08. The quantitative estimate of drug-likeness (QED) is 0.723. The molecule has 4 heteroatoms. The van der Waals surface area contributed by atoms with Crippen molar-refractivity contribution in [1.29, 1.82) is 0 Å². The first-order valence-corrected chi connectivity index (χ1v) is 5.80. The van der Waals surface area contributed by atoms with Crippen LogP contribution in [0.2, 0.25) is 0 Å². The molecule has 0 aliphatic carbocycles. The maximum absolute atomic E-state index is 11.3. The molecule has 0 saturated carbocycles. The van der Waals surface area contributed by atoms with Gasteiger partial charge in [0.05, 0.1) is 18.4 Å². The molecule has 88 valence electrons. The number of aromatic nitrogens is 2. The van der Waals surface area contributed by atoms with Gasteiger partial charge in [-0.05, 0) is 6.42 Å². The molecule has 2 rings (SSSR count). The molecule has 1 N–H and O–H groups in total. The molecule has 0 unspecified atom stereocenters. The molecule has 1 aliphatic rings. The molecular weight excluding hydrogens is 202 g/mol. The zero-order chi connectivity index (χ0) is 11.8. The van der Waals surface area contributed by atoms with E-state index in [9.17, 15) is 4.79 Å². The van der Waals surface area contributed by atoms with Crippen molar-refractivity contribution in [2.45, 2.75) is 52.1 Å². The number of nitrogens with one attached hydrogen (secondary N) is 1. The molecule has 0 aromatic carbocycles. The Kier molecular flexibility index (Phi) is 2.74. The van der Waals surface area contributed by atoms with Crippen LogP contribution in [-0.4, -0.2) is 15.5 Å². The molecule has 0 radical (unpaired) electrons. The van der Waals surface area contributed by atoms with Crippen LogP contribution >= 0.6 is 0 Å². The Bertz CT molecular complexity index is 401. The third kappa shape index (κ3) is 2.10. The van der Waals surface area contributed by atoms with E-state index in [0.717, 1.165) is 24.5 Å². The van der Waals surface area contributed by atoms with Crippen molar-refractivity contribution in [2.75, 3.05) is 0 Å². The lowest BCUT2D eigenvalue weighted by molar-refractivity contribution is -0.121. The van der Waals surface area contributed by atoms with Gasteiger partial charge >= 0.3 is 0 Å². The molecule has 0 atom stereocenters. The van der Waals surface area contributed by atoms with E-state index in [1.54, 1.807) is 0 Å². The number of carbonyl (C=O) groups is 1. The van der Waals surface area contributed by atoms with Crippen LogP contribution in [0.4, 0.5) is 0 Å². The van der Waals surface area contributed by atoms with Gasteiger partial charge in [0.25, 0.3) is 0 Å². The standard InChI is InChI=1S/C12H19N3O/c1-12(2,3)11-14-8-9-7-13-10(16)5-4-6-15(9)11/h8H,4-7H2,1-3H3,(H,13,16). The Labute approximate surface area is 96.1 Å². The molecule has 1 aromatic heterocycles. The highest BCUT2D eigenvalue weighted by molar-refractivity contribution is 5.75. The third-order valence-corrected chi connectivity index (χ3v) is 2.86. The topological polar surface area (TPSA) is 46.9 Å². The first-order valence-electron chi connectivity index (χ1n) is 5.80. The van der Waals surface area contributed by atoms with Crippen molar-refractivity contribution in [3.8, 4) is 0 Å². The van der Waals surface area contributed by atoms with Gasteiger partial charge < -0.3 is 9.88 Å². The lowest BCUT2D eigenvalue weighted by atomic mass is 9.95. The van der Waals surface area contributed by atoms with E-state index >= 15 is 0 Å². The van der Waals surface area contributed by atoms with E-state index in [2.05, 4.69) is 35.6 Å². The number of nitrogens with zero attached hydrogens (tertiary/aromatic N) is 2. The van der Waals surface area contributed by atoms with Crippen molar-refractivity contribution in [3.05, 3.63) is 17.7 Å². The summed E-state index contributed by atoms with van der Waals surface area (Å²) in [6, 6.07) is 0. The molecule has 2 heterocycles. The second-order valence-corrected chi connectivity index (χ2v) is 5.36. The normalized spacial score (nSPS) is 17.3. The third-order valence-electron chi connectivity index (χ3n) is 2.86. The van der Waals surface area contributed by atoms with Crippen molar-refractivity contribution in [3.63, 3.8) is 0 Å². The molecule has 0 fully saturated rings. The zero-order valence-electron chi connectivity index (χ0n) is 10.2. The number of rotatable bonds is 0. The number of fused-ring (bicyclic) bond motifs is 1. The lowest BCUT2D eigenvalue weighted by Crippen LogP contribution is -2.28. The fraction of sp³-hybridized carbons (Fsp3) is 0.667. The van der Waals surface area contributed by atoms with E-state index in [4.69, 9.17) is 0 Å². The Morgan fingerprint density at radius 1 is 1.44 bits per heavy atom. The summed E-state index contributed by atoms with van der Waals surface area (Å²) in [5.74, 6) is 1.25. The second-order valence-electron chi connectivity index (χ2n) is 5.36. The van der Waals surface area contributed by atoms with Gasteiger partial charge in [-0.25, -0.2) is 4.98 Å². The van der Waals surface area contributed by atoms with Gasteiger partial charge in [-0.1, -0.05) is 20.8 Å². The van der Waals surface area contributed by atoms with Gasteiger partial charge in [0.2, 0.25) is 5.91 Å². The van der Waals surface area contributed by atoms with Gasteiger partial charge in [-0.2, -0.15) is 0 Å². The zero-order valence-corrected chi connectivity index (χ0v) is 10.2. The Balaban J connectivity index is 2.33. The first kappa shape index (κ1) is 11.2. The van der Waals surface area contributed by atoms with Crippen molar-refractivity contribution < 1.29 is 4.79 Å². The maximum atomic E-state index is 11.3. The maximum Gasteiger partial charge on any atom is 0.220 e. The van der Waals surface area contributed by atoms with Gasteiger partial charge in [0, 0.05) is 18.4 Å². The van der Waals surface area contributed by atoms with E-state index in [1.165, 1.54) is 0 Å². The monoisotopic (exact) mass is 221 g/mol.